The number of hydrogen-bond acceptors (Lipinski definition) is 3. The number of H-pyrrole nitrogens is 1. The van der Waals surface area contributed by atoms with Crippen molar-refractivity contribution in [1.29, 1.82) is 0 Å². The van der Waals surface area contributed by atoms with Crippen LogP contribution in [0.5, 0.6) is 11.5 Å². The van der Waals surface area contributed by atoms with Gasteiger partial charge in [0.25, 0.3) is 0 Å². The summed E-state index contributed by atoms with van der Waals surface area (Å²) in [6, 6.07) is 15.2. The Hall–Kier alpha value is -2.82. The highest BCUT2D eigenvalue weighted by Gasteiger charge is 2.06. The van der Waals surface area contributed by atoms with Gasteiger partial charge in [-0.15, -0.1) is 0 Å². The van der Waals surface area contributed by atoms with E-state index in [4.69, 9.17) is 4.74 Å². The molecule has 3 aromatic rings. The summed E-state index contributed by atoms with van der Waals surface area (Å²) in [5, 5.41) is 6.31. The number of aromatic amines is 1. The minimum atomic E-state index is -0.250. The summed E-state index contributed by atoms with van der Waals surface area (Å²) < 4.78 is 7.34. The number of hydrogen-bond donors (Lipinski definition) is 1. The molecule has 0 aliphatic carbocycles. The van der Waals surface area contributed by atoms with Gasteiger partial charge < -0.3 is 4.74 Å². The van der Waals surface area contributed by atoms with E-state index in [1.807, 2.05) is 55.5 Å². The molecule has 1 N–H and O–H groups in total. The van der Waals surface area contributed by atoms with Gasteiger partial charge in [0.2, 0.25) is 0 Å². The minimum Gasteiger partial charge on any atom is -0.457 e. The third-order valence-corrected chi connectivity index (χ3v) is 3.26. The third-order valence-electron chi connectivity index (χ3n) is 3.26. The van der Waals surface area contributed by atoms with Gasteiger partial charge in [0.05, 0.1) is 5.69 Å². The normalized spacial score (nSPS) is 10.6. The Bertz CT molecular complexity index is 816. The van der Waals surface area contributed by atoms with Crippen molar-refractivity contribution in [2.75, 3.05) is 0 Å². The fraction of sp³-hybridized carbons (Fsp3) is 0.125. The number of nitrogens with one attached hydrogen (secondary N) is 1. The average molecular weight is 281 g/mol. The largest absolute Gasteiger partial charge is 0.457 e. The molecule has 3 rings (SSSR count). The lowest BCUT2D eigenvalue weighted by Crippen LogP contribution is -2.15. The summed E-state index contributed by atoms with van der Waals surface area (Å²) in [5.41, 5.74) is 1.58. The van der Waals surface area contributed by atoms with Gasteiger partial charge in [-0.2, -0.15) is 5.10 Å². The van der Waals surface area contributed by atoms with Crippen molar-refractivity contribution >= 4 is 0 Å². The highest BCUT2D eigenvalue weighted by molar-refractivity contribution is 5.41. The second kappa shape index (κ2) is 5.28. The van der Waals surface area contributed by atoms with Gasteiger partial charge in [-0.1, -0.05) is 18.2 Å². The summed E-state index contributed by atoms with van der Waals surface area (Å²) in [4.78, 5) is 11.7. The fourth-order valence-electron chi connectivity index (χ4n) is 2.14. The summed E-state index contributed by atoms with van der Waals surface area (Å²) in [6.07, 6.45) is 0. The molecule has 5 nitrogen and oxygen atoms in total. The molecule has 2 aromatic carbocycles. The molecule has 106 valence electrons. The molecule has 5 heteroatoms. The number of ether oxygens (including phenoxy) is 1. The van der Waals surface area contributed by atoms with E-state index in [1.54, 1.807) is 6.92 Å². The molecule has 0 amide bonds. The van der Waals surface area contributed by atoms with Crippen LogP contribution in [0.15, 0.2) is 53.3 Å². The molecule has 1 aromatic heterocycles. The maximum Gasteiger partial charge on any atom is 0.347 e. The van der Waals surface area contributed by atoms with E-state index in [-0.39, 0.29) is 5.69 Å². The van der Waals surface area contributed by atoms with Gasteiger partial charge >= 0.3 is 5.69 Å². The number of rotatable bonds is 3. The number of aryl methyl sites for hydroxylation is 2. The Labute approximate surface area is 121 Å². The van der Waals surface area contributed by atoms with Crippen molar-refractivity contribution in [2.45, 2.75) is 13.8 Å². The first-order valence-corrected chi connectivity index (χ1v) is 6.63. The highest BCUT2D eigenvalue weighted by atomic mass is 16.5. The van der Waals surface area contributed by atoms with Crippen LogP contribution in [0.1, 0.15) is 11.4 Å². The van der Waals surface area contributed by atoms with Gasteiger partial charge in [-0.25, -0.2) is 14.5 Å². The van der Waals surface area contributed by atoms with E-state index in [0.717, 1.165) is 22.7 Å². The van der Waals surface area contributed by atoms with Crippen LogP contribution in [0.2, 0.25) is 0 Å². The summed E-state index contributed by atoms with van der Waals surface area (Å²) in [5.74, 6) is 2.16. The molecular formula is C16H15N3O2. The molecule has 0 fully saturated rings. The molecule has 0 radical (unpaired) electrons. The monoisotopic (exact) mass is 281 g/mol. The number of benzene rings is 2. The first kappa shape index (κ1) is 13.2. The topological polar surface area (TPSA) is 59.9 Å². The van der Waals surface area contributed by atoms with Crippen molar-refractivity contribution in [3.63, 3.8) is 0 Å². The Morgan fingerprint density at radius 1 is 1.05 bits per heavy atom. The Morgan fingerprint density at radius 2 is 1.76 bits per heavy atom. The maximum atomic E-state index is 11.7. The van der Waals surface area contributed by atoms with Crippen LogP contribution in [0.4, 0.5) is 0 Å². The first-order valence-electron chi connectivity index (χ1n) is 6.63. The van der Waals surface area contributed by atoms with Crippen LogP contribution in [-0.4, -0.2) is 14.8 Å². The van der Waals surface area contributed by atoms with E-state index in [1.165, 1.54) is 4.57 Å². The van der Waals surface area contributed by atoms with Crippen molar-refractivity contribution in [2.24, 2.45) is 0 Å². The van der Waals surface area contributed by atoms with Crippen molar-refractivity contribution < 1.29 is 4.74 Å². The third kappa shape index (κ3) is 2.58. The molecule has 0 atom stereocenters. The second-order valence-electron chi connectivity index (χ2n) is 4.77. The molecule has 0 aliphatic rings. The van der Waals surface area contributed by atoms with Crippen LogP contribution >= 0.6 is 0 Å². The van der Waals surface area contributed by atoms with E-state index < -0.39 is 0 Å². The smallest absolute Gasteiger partial charge is 0.347 e. The lowest BCUT2D eigenvalue weighted by molar-refractivity contribution is 0.479. The van der Waals surface area contributed by atoms with E-state index in [0.29, 0.717) is 5.82 Å². The quantitative estimate of drug-likeness (QED) is 0.803. The Morgan fingerprint density at radius 3 is 2.38 bits per heavy atom. The van der Waals surface area contributed by atoms with Gasteiger partial charge in [-0.3, -0.25) is 0 Å². The molecule has 1 heterocycles. The predicted molar refractivity (Wildman–Crippen MR) is 80.2 cm³/mol. The lowest BCUT2D eigenvalue weighted by Gasteiger charge is -2.09. The molecule has 0 spiro atoms. The molecule has 0 aliphatic heterocycles. The zero-order valence-electron chi connectivity index (χ0n) is 11.8. The molecule has 0 unspecified atom stereocenters. The lowest BCUT2D eigenvalue weighted by atomic mass is 10.2. The van der Waals surface area contributed by atoms with E-state index in [9.17, 15) is 4.79 Å². The summed E-state index contributed by atoms with van der Waals surface area (Å²) in [7, 11) is 0. The van der Waals surface area contributed by atoms with Gasteiger partial charge in [0.15, 0.2) is 0 Å². The summed E-state index contributed by atoms with van der Waals surface area (Å²) >= 11 is 0. The number of para-hydroxylation sites is 1. The van der Waals surface area contributed by atoms with Gasteiger partial charge in [0, 0.05) is 0 Å². The maximum absolute atomic E-state index is 11.7. The predicted octanol–water partition coefficient (Wildman–Crippen LogP) is 2.97. The standard InChI is InChI=1S/C16H15N3O2/c1-11-5-3-4-6-15(11)21-14-9-7-13(8-10-14)19-12(2)17-18-16(19)20/h3-10H,1-2H3,(H,18,20). The van der Waals surface area contributed by atoms with E-state index >= 15 is 0 Å². The van der Waals surface area contributed by atoms with Gasteiger partial charge in [0.1, 0.15) is 17.3 Å². The zero-order valence-corrected chi connectivity index (χ0v) is 11.8. The second-order valence-corrected chi connectivity index (χ2v) is 4.77. The van der Waals surface area contributed by atoms with Crippen LogP contribution in [0.3, 0.4) is 0 Å². The molecule has 0 bridgehead atoms. The van der Waals surface area contributed by atoms with Crippen LogP contribution in [0.25, 0.3) is 5.69 Å². The van der Waals surface area contributed by atoms with Gasteiger partial charge in [-0.05, 0) is 49.7 Å². The van der Waals surface area contributed by atoms with Crippen LogP contribution in [-0.2, 0) is 0 Å². The zero-order chi connectivity index (χ0) is 14.8. The van der Waals surface area contributed by atoms with Crippen molar-refractivity contribution in [3.8, 4) is 17.2 Å². The molecule has 21 heavy (non-hydrogen) atoms. The van der Waals surface area contributed by atoms with Crippen LogP contribution in [0, 0.1) is 13.8 Å². The Kier molecular flexibility index (Phi) is 3.31. The SMILES string of the molecule is Cc1ccccc1Oc1ccc(-n2c(C)n[nH]c2=O)cc1. The molecular weight excluding hydrogens is 266 g/mol. The van der Waals surface area contributed by atoms with Crippen molar-refractivity contribution in [1.82, 2.24) is 14.8 Å². The highest BCUT2D eigenvalue weighted by Crippen LogP contribution is 2.25. The summed E-state index contributed by atoms with van der Waals surface area (Å²) in [6.45, 7) is 3.77. The van der Waals surface area contributed by atoms with E-state index in [2.05, 4.69) is 10.2 Å². The number of nitrogens with zero attached hydrogens (tertiary/aromatic N) is 2. The molecule has 0 saturated carbocycles. The molecule has 0 saturated heterocycles. The Balaban J connectivity index is 1.88. The minimum absolute atomic E-state index is 0.250. The van der Waals surface area contributed by atoms with Crippen molar-refractivity contribution in [3.05, 3.63) is 70.4 Å². The first-order chi connectivity index (χ1) is 10.1. The average Bonchev–Trinajstić information content (AvgIpc) is 2.82. The fourth-order valence-corrected chi connectivity index (χ4v) is 2.14. The number of aromatic nitrogens is 3. The van der Waals surface area contributed by atoms with Crippen LogP contribution < -0.4 is 10.4 Å².